The van der Waals surface area contributed by atoms with E-state index in [9.17, 15) is 8.78 Å². The minimum Gasteiger partial charge on any atom is -0.371 e. The molecule has 0 spiro atoms. The van der Waals surface area contributed by atoms with E-state index in [1.165, 1.54) is 6.07 Å². The lowest BCUT2D eigenvalue weighted by molar-refractivity contribution is 0.00330. The van der Waals surface area contributed by atoms with Gasteiger partial charge in [-0.2, -0.15) is 0 Å². The van der Waals surface area contributed by atoms with E-state index in [-0.39, 0.29) is 18.3 Å². The molecule has 0 radical (unpaired) electrons. The molecule has 0 N–H and O–H groups in total. The molecule has 0 saturated carbocycles. The summed E-state index contributed by atoms with van der Waals surface area (Å²) >= 11 is 0. The molecule has 0 saturated heterocycles. The van der Waals surface area contributed by atoms with E-state index in [1.807, 2.05) is 41.5 Å². The quantitative estimate of drug-likeness (QED) is 0.606. The minimum absolute atomic E-state index is 0.0379. The van der Waals surface area contributed by atoms with E-state index in [0.29, 0.717) is 18.0 Å². The number of benzene rings is 1. The Hall–Kier alpha value is -0.823. The van der Waals surface area contributed by atoms with Gasteiger partial charge < -0.3 is 13.3 Å². The summed E-state index contributed by atoms with van der Waals surface area (Å²) in [4.78, 5) is 0. The zero-order valence-electron chi connectivity index (χ0n) is 14.9. The van der Waals surface area contributed by atoms with Crippen molar-refractivity contribution >= 4 is 8.80 Å². The molecule has 0 heterocycles. The molecule has 0 fully saturated rings. The van der Waals surface area contributed by atoms with Gasteiger partial charge in [-0.3, -0.25) is 0 Å². The van der Waals surface area contributed by atoms with Crippen molar-refractivity contribution in [2.45, 2.75) is 72.3 Å². The Morgan fingerprint density at radius 1 is 0.826 bits per heavy atom. The minimum atomic E-state index is -2.91. The maximum absolute atomic E-state index is 13.4. The first-order valence-corrected chi connectivity index (χ1v) is 10.0. The average Bonchev–Trinajstić information content (AvgIpc) is 2.37. The molecule has 0 unspecified atom stereocenters. The predicted octanol–water partition coefficient (Wildman–Crippen LogP) is 4.72. The van der Waals surface area contributed by atoms with Crippen molar-refractivity contribution in [1.82, 2.24) is 0 Å². The molecule has 0 aliphatic heterocycles. The van der Waals surface area contributed by atoms with Gasteiger partial charge in [-0.05, 0) is 65.7 Å². The molecule has 1 aromatic rings. The van der Waals surface area contributed by atoms with Crippen LogP contribution in [0.15, 0.2) is 18.2 Å². The predicted molar refractivity (Wildman–Crippen MR) is 89.3 cm³/mol. The number of hydrogen-bond acceptors (Lipinski definition) is 3. The standard InChI is InChI=1S/C17H28F2O3Si/c1-12(2)20-23(21-13(3)4,22-14(5)6)10-9-15-7-8-16(18)17(19)11-15/h7-8,11-14H,9-10H2,1-6H3. The van der Waals surface area contributed by atoms with Gasteiger partial charge in [-0.25, -0.2) is 8.78 Å². The molecule has 0 aliphatic rings. The van der Waals surface area contributed by atoms with Crippen LogP contribution in [0.3, 0.4) is 0 Å². The third kappa shape index (κ3) is 7.08. The van der Waals surface area contributed by atoms with Crippen LogP contribution in [0.25, 0.3) is 0 Å². The van der Waals surface area contributed by atoms with E-state index >= 15 is 0 Å². The smallest absolute Gasteiger partial charge is 0.371 e. The highest BCUT2D eigenvalue weighted by molar-refractivity contribution is 6.60. The van der Waals surface area contributed by atoms with Gasteiger partial charge in [-0.15, -0.1) is 0 Å². The van der Waals surface area contributed by atoms with E-state index in [1.54, 1.807) is 6.07 Å². The lowest BCUT2D eigenvalue weighted by Crippen LogP contribution is -2.51. The van der Waals surface area contributed by atoms with Crippen molar-refractivity contribution < 1.29 is 22.1 Å². The Bertz CT molecular complexity index is 466. The number of aryl methyl sites for hydroxylation is 1. The third-order valence-electron chi connectivity index (χ3n) is 2.95. The Kier molecular flexibility index (Phi) is 7.80. The molecule has 0 amide bonds. The van der Waals surface area contributed by atoms with Crippen molar-refractivity contribution in [3.63, 3.8) is 0 Å². The topological polar surface area (TPSA) is 27.7 Å². The molecule has 3 nitrogen and oxygen atoms in total. The van der Waals surface area contributed by atoms with Crippen LogP contribution < -0.4 is 0 Å². The van der Waals surface area contributed by atoms with Crippen molar-refractivity contribution in [1.29, 1.82) is 0 Å². The monoisotopic (exact) mass is 346 g/mol. The van der Waals surface area contributed by atoms with Gasteiger partial charge in [-0.1, -0.05) is 6.07 Å². The summed E-state index contributed by atoms with van der Waals surface area (Å²) in [6.07, 6.45) is 0.396. The lowest BCUT2D eigenvalue weighted by atomic mass is 10.2. The van der Waals surface area contributed by atoms with Gasteiger partial charge >= 0.3 is 8.80 Å². The van der Waals surface area contributed by atoms with Gasteiger partial charge in [0.1, 0.15) is 0 Å². The van der Waals surface area contributed by atoms with Crippen LogP contribution in [0.5, 0.6) is 0 Å². The second-order valence-corrected chi connectivity index (χ2v) is 9.00. The van der Waals surface area contributed by atoms with Crippen molar-refractivity contribution in [3.8, 4) is 0 Å². The van der Waals surface area contributed by atoms with Crippen LogP contribution in [0.2, 0.25) is 6.04 Å². The van der Waals surface area contributed by atoms with Gasteiger partial charge in [0.15, 0.2) is 11.6 Å². The fourth-order valence-corrected chi connectivity index (χ4v) is 5.60. The normalized spacial score (nSPS) is 12.7. The Balaban J connectivity index is 2.94. The molecule has 6 heteroatoms. The van der Waals surface area contributed by atoms with E-state index in [4.69, 9.17) is 13.3 Å². The van der Waals surface area contributed by atoms with Crippen LogP contribution in [0, 0.1) is 11.6 Å². The first kappa shape index (κ1) is 20.2. The summed E-state index contributed by atoms with van der Waals surface area (Å²) in [5.74, 6) is -1.68. The highest BCUT2D eigenvalue weighted by atomic mass is 28.4. The molecule has 0 aliphatic carbocycles. The number of halogens is 2. The zero-order valence-corrected chi connectivity index (χ0v) is 15.9. The molecule has 1 aromatic carbocycles. The molecular weight excluding hydrogens is 318 g/mol. The molecule has 23 heavy (non-hydrogen) atoms. The first-order chi connectivity index (χ1) is 10.6. The second-order valence-electron chi connectivity index (χ2n) is 6.43. The molecule has 0 atom stereocenters. The molecular formula is C17H28F2O3Si. The summed E-state index contributed by atoms with van der Waals surface area (Å²) in [5, 5.41) is 0. The van der Waals surface area contributed by atoms with Gasteiger partial charge in [0.2, 0.25) is 0 Å². The van der Waals surface area contributed by atoms with Crippen LogP contribution in [-0.4, -0.2) is 27.1 Å². The Morgan fingerprint density at radius 3 is 1.70 bits per heavy atom. The SMILES string of the molecule is CC(C)O[Si](CCc1ccc(F)c(F)c1)(OC(C)C)OC(C)C. The zero-order chi connectivity index (χ0) is 17.6. The molecule has 132 valence electrons. The van der Waals surface area contributed by atoms with Crippen molar-refractivity contribution in [3.05, 3.63) is 35.4 Å². The fourth-order valence-electron chi connectivity index (χ4n) is 2.33. The van der Waals surface area contributed by atoms with E-state index in [2.05, 4.69) is 0 Å². The maximum atomic E-state index is 13.4. The second kappa shape index (κ2) is 8.87. The summed E-state index contributed by atoms with van der Waals surface area (Å²) < 4.78 is 44.6. The summed E-state index contributed by atoms with van der Waals surface area (Å²) in [7, 11) is -2.91. The average molecular weight is 346 g/mol. The van der Waals surface area contributed by atoms with Crippen molar-refractivity contribution in [2.24, 2.45) is 0 Å². The first-order valence-electron chi connectivity index (χ1n) is 8.11. The third-order valence-corrected chi connectivity index (χ3v) is 6.30. The molecule has 1 rings (SSSR count). The van der Waals surface area contributed by atoms with Crippen molar-refractivity contribution in [2.75, 3.05) is 0 Å². The van der Waals surface area contributed by atoms with E-state index in [0.717, 1.165) is 6.07 Å². The molecule has 0 bridgehead atoms. The van der Waals surface area contributed by atoms with E-state index < -0.39 is 20.4 Å². The van der Waals surface area contributed by atoms with Crippen LogP contribution in [-0.2, 0) is 19.7 Å². The fraction of sp³-hybridized carbons (Fsp3) is 0.647. The summed E-state index contributed by atoms with van der Waals surface area (Å²) in [6, 6.07) is 4.46. The molecule has 0 aromatic heterocycles. The Morgan fingerprint density at radius 2 is 1.30 bits per heavy atom. The Labute approximate surface area is 139 Å². The van der Waals surface area contributed by atoms with Gasteiger partial charge in [0.25, 0.3) is 0 Å². The number of hydrogen-bond donors (Lipinski definition) is 0. The summed E-state index contributed by atoms with van der Waals surface area (Å²) in [6.45, 7) is 11.6. The van der Waals surface area contributed by atoms with Gasteiger partial charge in [0.05, 0.1) is 0 Å². The number of rotatable bonds is 9. The van der Waals surface area contributed by atoms with Gasteiger partial charge in [0, 0.05) is 24.4 Å². The highest BCUT2D eigenvalue weighted by Gasteiger charge is 2.43. The van der Waals surface area contributed by atoms with Crippen LogP contribution >= 0.6 is 0 Å². The van der Waals surface area contributed by atoms with Crippen LogP contribution in [0.4, 0.5) is 8.78 Å². The highest BCUT2D eigenvalue weighted by Crippen LogP contribution is 2.24. The largest absolute Gasteiger partial charge is 0.501 e. The maximum Gasteiger partial charge on any atom is 0.501 e. The lowest BCUT2D eigenvalue weighted by Gasteiger charge is -2.34. The summed E-state index contributed by atoms with van der Waals surface area (Å²) in [5.41, 5.74) is 0.702. The van der Waals surface area contributed by atoms with Crippen LogP contribution in [0.1, 0.15) is 47.1 Å².